The molecule has 1 saturated carbocycles. The Morgan fingerprint density at radius 2 is 2.00 bits per heavy atom. The van der Waals surface area contributed by atoms with Gasteiger partial charge < -0.3 is 20.2 Å². The Hall–Kier alpha value is -2.05. The fourth-order valence-corrected chi connectivity index (χ4v) is 1.55. The zero-order chi connectivity index (χ0) is 14.4. The van der Waals surface area contributed by atoms with Gasteiger partial charge in [-0.15, -0.1) is 6.58 Å². The molecule has 1 aliphatic carbocycles. The number of carboxylic acid groups (broad SMARTS) is 1. The van der Waals surface area contributed by atoms with Gasteiger partial charge in [0.05, 0.1) is 0 Å². The number of carbonyl (C=O) groups is 3. The summed E-state index contributed by atoms with van der Waals surface area (Å²) in [5.41, 5.74) is 0. The molecule has 106 valence electrons. The van der Waals surface area contributed by atoms with Crippen LogP contribution in [0.5, 0.6) is 0 Å². The van der Waals surface area contributed by atoms with Gasteiger partial charge in [-0.1, -0.05) is 6.08 Å². The number of rotatable bonds is 7. The number of amides is 3. The molecule has 1 aliphatic rings. The van der Waals surface area contributed by atoms with E-state index >= 15 is 0 Å². The first kappa shape index (κ1) is 15.0. The normalized spacial score (nSPS) is 13.5. The van der Waals surface area contributed by atoms with Gasteiger partial charge in [0.15, 0.2) is 0 Å². The quantitative estimate of drug-likeness (QED) is 0.631. The third-order valence-corrected chi connectivity index (χ3v) is 2.60. The van der Waals surface area contributed by atoms with Gasteiger partial charge in [-0.05, 0) is 12.8 Å². The van der Waals surface area contributed by atoms with Crippen LogP contribution in [0, 0.1) is 0 Å². The third kappa shape index (κ3) is 5.41. The minimum absolute atomic E-state index is 0.0808. The zero-order valence-corrected chi connectivity index (χ0v) is 11.0. The zero-order valence-electron chi connectivity index (χ0n) is 11.0. The Balaban J connectivity index is 2.48. The first-order valence-electron chi connectivity index (χ1n) is 6.06. The van der Waals surface area contributed by atoms with Crippen LogP contribution in [0.3, 0.4) is 0 Å². The summed E-state index contributed by atoms with van der Waals surface area (Å²) in [6, 6.07) is -0.271. The summed E-state index contributed by atoms with van der Waals surface area (Å²) >= 11 is 0. The number of hydrogen-bond donors (Lipinski definition) is 2. The van der Waals surface area contributed by atoms with Gasteiger partial charge in [-0.3, -0.25) is 9.59 Å². The van der Waals surface area contributed by atoms with E-state index in [0.717, 1.165) is 17.7 Å². The summed E-state index contributed by atoms with van der Waals surface area (Å²) in [5.74, 6) is -1.33. The number of carboxylic acids is 1. The van der Waals surface area contributed by atoms with Crippen molar-refractivity contribution in [2.24, 2.45) is 0 Å². The van der Waals surface area contributed by atoms with Crippen molar-refractivity contribution >= 4 is 17.9 Å². The second kappa shape index (κ2) is 6.77. The Morgan fingerprint density at radius 1 is 1.37 bits per heavy atom. The second-order valence-electron chi connectivity index (χ2n) is 4.54. The van der Waals surface area contributed by atoms with Gasteiger partial charge in [-0.2, -0.15) is 0 Å². The summed E-state index contributed by atoms with van der Waals surface area (Å²) in [7, 11) is 1.47. The van der Waals surface area contributed by atoms with Crippen LogP contribution >= 0.6 is 0 Å². The first-order valence-corrected chi connectivity index (χ1v) is 6.06. The van der Waals surface area contributed by atoms with Gasteiger partial charge in [-0.25, -0.2) is 4.79 Å². The van der Waals surface area contributed by atoms with Gasteiger partial charge >= 0.3 is 12.0 Å². The molecule has 0 heterocycles. The summed E-state index contributed by atoms with van der Waals surface area (Å²) in [6.45, 7) is 3.10. The highest BCUT2D eigenvalue weighted by atomic mass is 16.4. The molecule has 0 unspecified atom stereocenters. The fourth-order valence-electron chi connectivity index (χ4n) is 1.55. The fraction of sp³-hybridized carbons (Fsp3) is 0.583. The minimum Gasteiger partial charge on any atom is -0.480 e. The lowest BCUT2D eigenvalue weighted by Gasteiger charge is -2.25. The molecule has 2 N–H and O–H groups in total. The number of hydrogen-bond acceptors (Lipinski definition) is 3. The average molecular weight is 269 g/mol. The Labute approximate surface area is 111 Å². The predicted octanol–water partition coefficient (Wildman–Crippen LogP) is -0.111. The predicted molar refractivity (Wildman–Crippen MR) is 68.6 cm³/mol. The topological polar surface area (TPSA) is 90.0 Å². The standard InChI is InChI=1S/C12H19N3O4/c1-3-6-15(8-11(17)18)12(19)14(2)7-10(16)13-9-4-5-9/h3,9H,1,4-8H2,2H3,(H,13,16)(H,17,18). The maximum Gasteiger partial charge on any atom is 0.323 e. The molecule has 3 amide bonds. The maximum absolute atomic E-state index is 12.0. The monoisotopic (exact) mass is 269 g/mol. The van der Waals surface area contributed by atoms with Gasteiger partial charge in [0.2, 0.25) is 5.91 Å². The van der Waals surface area contributed by atoms with E-state index in [9.17, 15) is 14.4 Å². The van der Waals surface area contributed by atoms with Crippen LogP contribution in [-0.4, -0.2) is 65.5 Å². The van der Waals surface area contributed by atoms with Crippen LogP contribution in [-0.2, 0) is 9.59 Å². The SMILES string of the molecule is C=CCN(CC(=O)O)C(=O)N(C)CC(=O)NC1CC1. The van der Waals surface area contributed by atoms with Gasteiger partial charge in [0, 0.05) is 19.6 Å². The number of aliphatic carboxylic acids is 1. The summed E-state index contributed by atoms with van der Waals surface area (Å²) in [5, 5.41) is 11.5. The van der Waals surface area contributed by atoms with Crippen molar-refractivity contribution in [1.29, 1.82) is 0 Å². The van der Waals surface area contributed by atoms with E-state index in [1.807, 2.05) is 0 Å². The summed E-state index contributed by atoms with van der Waals surface area (Å²) in [4.78, 5) is 36.5. The summed E-state index contributed by atoms with van der Waals surface area (Å²) in [6.07, 6.45) is 3.40. The molecule has 0 aromatic rings. The Morgan fingerprint density at radius 3 is 2.47 bits per heavy atom. The molecule has 7 nitrogen and oxygen atoms in total. The number of urea groups is 1. The van der Waals surface area contributed by atoms with Crippen LogP contribution in [0.2, 0.25) is 0 Å². The lowest BCUT2D eigenvalue weighted by atomic mass is 10.4. The molecular weight excluding hydrogens is 250 g/mol. The number of nitrogens with one attached hydrogen (secondary N) is 1. The minimum atomic E-state index is -1.11. The van der Waals surface area contributed by atoms with Crippen LogP contribution in [0.4, 0.5) is 4.79 Å². The highest BCUT2D eigenvalue weighted by Gasteiger charge is 2.25. The van der Waals surface area contributed by atoms with E-state index < -0.39 is 18.5 Å². The van der Waals surface area contributed by atoms with E-state index in [1.54, 1.807) is 0 Å². The molecule has 0 spiro atoms. The lowest BCUT2D eigenvalue weighted by molar-refractivity contribution is -0.137. The molecule has 0 aliphatic heterocycles. The van der Waals surface area contributed by atoms with E-state index in [4.69, 9.17) is 5.11 Å². The Kier molecular flexibility index (Phi) is 5.35. The van der Waals surface area contributed by atoms with Crippen molar-refractivity contribution in [2.75, 3.05) is 26.7 Å². The van der Waals surface area contributed by atoms with E-state index in [0.29, 0.717) is 0 Å². The first-order chi connectivity index (χ1) is 8.93. The molecule has 0 aromatic carbocycles. The molecule has 1 rings (SSSR count). The highest BCUT2D eigenvalue weighted by molar-refractivity contribution is 5.85. The largest absolute Gasteiger partial charge is 0.480 e. The van der Waals surface area contributed by atoms with E-state index in [1.165, 1.54) is 18.0 Å². The van der Waals surface area contributed by atoms with Gasteiger partial charge in [0.1, 0.15) is 13.1 Å². The van der Waals surface area contributed by atoms with Crippen molar-refractivity contribution in [3.63, 3.8) is 0 Å². The molecule has 0 atom stereocenters. The van der Waals surface area contributed by atoms with Crippen molar-refractivity contribution in [2.45, 2.75) is 18.9 Å². The molecule has 19 heavy (non-hydrogen) atoms. The van der Waals surface area contributed by atoms with Gasteiger partial charge in [0.25, 0.3) is 0 Å². The molecular formula is C12H19N3O4. The molecule has 0 radical (unpaired) electrons. The number of carbonyl (C=O) groups excluding carboxylic acids is 2. The van der Waals surface area contributed by atoms with Crippen LogP contribution in [0.25, 0.3) is 0 Å². The molecule has 0 bridgehead atoms. The average Bonchev–Trinajstić information content (AvgIpc) is 3.10. The van der Waals surface area contributed by atoms with Crippen LogP contribution in [0.1, 0.15) is 12.8 Å². The molecule has 0 saturated heterocycles. The van der Waals surface area contributed by atoms with Crippen LogP contribution < -0.4 is 5.32 Å². The van der Waals surface area contributed by atoms with Crippen LogP contribution in [0.15, 0.2) is 12.7 Å². The molecule has 7 heteroatoms. The second-order valence-corrected chi connectivity index (χ2v) is 4.54. The lowest BCUT2D eigenvalue weighted by Crippen LogP contribution is -2.47. The smallest absolute Gasteiger partial charge is 0.323 e. The number of likely N-dealkylation sites (N-methyl/N-ethyl adjacent to an activating group) is 1. The molecule has 1 fully saturated rings. The summed E-state index contributed by atoms with van der Waals surface area (Å²) < 4.78 is 0. The highest BCUT2D eigenvalue weighted by Crippen LogP contribution is 2.18. The molecule has 0 aromatic heterocycles. The van der Waals surface area contributed by atoms with E-state index in [-0.39, 0.29) is 25.0 Å². The third-order valence-electron chi connectivity index (χ3n) is 2.60. The number of nitrogens with zero attached hydrogens (tertiary/aromatic N) is 2. The Bertz CT molecular complexity index is 379. The van der Waals surface area contributed by atoms with Crippen molar-refractivity contribution in [3.8, 4) is 0 Å². The maximum atomic E-state index is 12.0. The van der Waals surface area contributed by atoms with Crippen molar-refractivity contribution in [1.82, 2.24) is 15.1 Å². The van der Waals surface area contributed by atoms with Crippen molar-refractivity contribution in [3.05, 3.63) is 12.7 Å². The van der Waals surface area contributed by atoms with E-state index in [2.05, 4.69) is 11.9 Å². The van der Waals surface area contributed by atoms with Crippen molar-refractivity contribution < 1.29 is 19.5 Å².